The molecule has 0 aliphatic carbocycles. The first-order valence-corrected chi connectivity index (χ1v) is 9.26. The molecule has 144 valence electrons. The number of hydrogen-bond acceptors (Lipinski definition) is 5. The summed E-state index contributed by atoms with van der Waals surface area (Å²) in [6, 6.07) is 12.6. The van der Waals surface area contributed by atoms with Crippen molar-refractivity contribution in [3.8, 4) is 5.75 Å². The van der Waals surface area contributed by atoms with Gasteiger partial charge in [-0.25, -0.2) is 4.90 Å². The summed E-state index contributed by atoms with van der Waals surface area (Å²) in [5.41, 5.74) is 3.21. The number of imide groups is 1. The summed E-state index contributed by atoms with van der Waals surface area (Å²) in [5.74, 6) is -0.0871. The zero-order chi connectivity index (χ0) is 19.7. The standard InChI is InChI=1S/C22H22N2O4/c1-15-3-5-16(6-4-15)24-21(25)19-13-17(27-2)7-8-18(19)20(22(24)26)14-23-9-11-28-12-10-23/h3-8,13-14H,9-12H2,1-2H3/b20-14-. The maximum atomic E-state index is 13.4. The van der Waals surface area contributed by atoms with Crippen molar-refractivity contribution >= 4 is 23.1 Å². The average Bonchev–Trinajstić information content (AvgIpc) is 2.73. The molecule has 0 radical (unpaired) electrons. The van der Waals surface area contributed by atoms with Gasteiger partial charge < -0.3 is 14.4 Å². The van der Waals surface area contributed by atoms with Crippen LogP contribution in [-0.4, -0.2) is 50.1 Å². The second-order valence-corrected chi connectivity index (χ2v) is 6.88. The lowest BCUT2D eigenvalue weighted by molar-refractivity contribution is -0.112. The van der Waals surface area contributed by atoms with Gasteiger partial charge in [0.1, 0.15) is 5.75 Å². The SMILES string of the molecule is COc1ccc2c(c1)C(=O)N(c1ccc(C)cc1)C(=O)/C2=C\N1CCOCC1. The Balaban J connectivity index is 1.84. The largest absolute Gasteiger partial charge is 0.497 e. The summed E-state index contributed by atoms with van der Waals surface area (Å²) < 4.78 is 10.7. The highest BCUT2D eigenvalue weighted by Gasteiger charge is 2.36. The molecule has 2 aromatic carbocycles. The molecule has 2 aromatic rings. The number of aryl methyl sites for hydroxylation is 1. The number of morpholine rings is 1. The molecular weight excluding hydrogens is 356 g/mol. The molecule has 0 saturated carbocycles. The van der Waals surface area contributed by atoms with Crippen molar-refractivity contribution in [1.82, 2.24) is 4.90 Å². The summed E-state index contributed by atoms with van der Waals surface area (Å²) >= 11 is 0. The fourth-order valence-electron chi connectivity index (χ4n) is 3.45. The number of amides is 2. The second-order valence-electron chi connectivity index (χ2n) is 6.88. The van der Waals surface area contributed by atoms with Crippen molar-refractivity contribution in [2.24, 2.45) is 0 Å². The molecule has 6 heteroatoms. The molecule has 2 aliphatic rings. The molecule has 4 rings (SSSR count). The number of rotatable bonds is 3. The zero-order valence-electron chi connectivity index (χ0n) is 16.0. The molecule has 0 bridgehead atoms. The molecule has 2 aliphatic heterocycles. The van der Waals surface area contributed by atoms with E-state index in [0.717, 1.165) is 5.56 Å². The minimum Gasteiger partial charge on any atom is -0.497 e. The van der Waals surface area contributed by atoms with E-state index in [0.29, 0.717) is 54.4 Å². The maximum absolute atomic E-state index is 13.4. The van der Waals surface area contributed by atoms with Crippen molar-refractivity contribution in [3.05, 3.63) is 65.4 Å². The van der Waals surface area contributed by atoms with Crippen LogP contribution < -0.4 is 9.64 Å². The fraction of sp³-hybridized carbons (Fsp3) is 0.273. The van der Waals surface area contributed by atoms with E-state index in [4.69, 9.17) is 9.47 Å². The number of methoxy groups -OCH3 is 1. The van der Waals surface area contributed by atoms with Gasteiger partial charge in [-0.2, -0.15) is 0 Å². The number of ether oxygens (including phenoxy) is 2. The van der Waals surface area contributed by atoms with Gasteiger partial charge in [0.05, 0.1) is 37.1 Å². The Morgan fingerprint density at radius 3 is 2.36 bits per heavy atom. The predicted molar refractivity (Wildman–Crippen MR) is 106 cm³/mol. The van der Waals surface area contributed by atoms with Gasteiger partial charge in [-0.15, -0.1) is 0 Å². The molecule has 2 heterocycles. The Bertz CT molecular complexity index is 944. The number of fused-ring (bicyclic) bond motifs is 1. The lowest BCUT2D eigenvalue weighted by Gasteiger charge is -2.31. The van der Waals surface area contributed by atoms with Crippen molar-refractivity contribution in [2.75, 3.05) is 38.3 Å². The third kappa shape index (κ3) is 3.27. The van der Waals surface area contributed by atoms with E-state index in [1.807, 2.05) is 25.3 Å². The summed E-state index contributed by atoms with van der Waals surface area (Å²) in [6.45, 7) is 4.62. The number of carbonyl (C=O) groups excluding carboxylic acids is 2. The van der Waals surface area contributed by atoms with Gasteiger partial charge >= 0.3 is 0 Å². The summed E-state index contributed by atoms with van der Waals surface area (Å²) in [7, 11) is 1.56. The number of hydrogen-bond donors (Lipinski definition) is 0. The Hall–Kier alpha value is -3.12. The monoisotopic (exact) mass is 378 g/mol. The van der Waals surface area contributed by atoms with Crippen LogP contribution in [0.4, 0.5) is 5.69 Å². The first-order chi connectivity index (χ1) is 13.6. The molecule has 0 spiro atoms. The molecule has 0 atom stereocenters. The van der Waals surface area contributed by atoms with Crippen LogP contribution in [-0.2, 0) is 9.53 Å². The smallest absolute Gasteiger partial charge is 0.267 e. The Morgan fingerprint density at radius 2 is 1.68 bits per heavy atom. The third-order valence-corrected chi connectivity index (χ3v) is 5.03. The number of benzene rings is 2. The van der Waals surface area contributed by atoms with Crippen LogP contribution in [0.25, 0.3) is 5.57 Å². The number of nitrogens with zero attached hydrogens (tertiary/aromatic N) is 2. The topological polar surface area (TPSA) is 59.1 Å². The van der Waals surface area contributed by atoms with Gasteiger partial charge in [0, 0.05) is 24.9 Å². The van der Waals surface area contributed by atoms with Crippen LogP contribution in [0.5, 0.6) is 5.75 Å². The molecule has 2 amide bonds. The second kappa shape index (κ2) is 7.48. The van der Waals surface area contributed by atoms with Crippen molar-refractivity contribution in [1.29, 1.82) is 0 Å². The lowest BCUT2D eigenvalue weighted by atomic mass is 9.93. The first-order valence-electron chi connectivity index (χ1n) is 9.26. The normalized spacial score (nSPS) is 18.4. The van der Waals surface area contributed by atoms with Gasteiger partial charge in [0.2, 0.25) is 0 Å². The Labute approximate surface area is 164 Å². The van der Waals surface area contributed by atoms with E-state index in [1.54, 1.807) is 37.4 Å². The molecule has 6 nitrogen and oxygen atoms in total. The molecular formula is C22H22N2O4. The number of carbonyl (C=O) groups is 2. The third-order valence-electron chi connectivity index (χ3n) is 5.03. The van der Waals surface area contributed by atoms with Crippen LogP contribution in [0.3, 0.4) is 0 Å². The van der Waals surface area contributed by atoms with Crippen molar-refractivity contribution in [3.63, 3.8) is 0 Å². The Kier molecular flexibility index (Phi) is 4.88. The highest BCUT2D eigenvalue weighted by molar-refractivity contribution is 6.41. The quantitative estimate of drug-likeness (QED) is 0.607. The van der Waals surface area contributed by atoms with Crippen molar-refractivity contribution < 1.29 is 19.1 Å². The van der Waals surface area contributed by atoms with Gasteiger partial charge in [-0.3, -0.25) is 9.59 Å². The summed E-state index contributed by atoms with van der Waals surface area (Å²) in [6.07, 6.45) is 1.85. The maximum Gasteiger partial charge on any atom is 0.267 e. The number of anilines is 1. The highest BCUT2D eigenvalue weighted by Crippen LogP contribution is 2.34. The zero-order valence-corrected chi connectivity index (χ0v) is 16.0. The molecule has 28 heavy (non-hydrogen) atoms. The average molecular weight is 378 g/mol. The molecule has 0 N–H and O–H groups in total. The van der Waals surface area contributed by atoms with Crippen LogP contribution in [0.1, 0.15) is 21.5 Å². The van der Waals surface area contributed by atoms with Gasteiger partial charge in [0.25, 0.3) is 11.8 Å². The summed E-state index contributed by atoms with van der Waals surface area (Å²) in [5, 5.41) is 0. The van der Waals surface area contributed by atoms with Crippen LogP contribution in [0.2, 0.25) is 0 Å². The molecule has 0 unspecified atom stereocenters. The van der Waals surface area contributed by atoms with E-state index in [9.17, 15) is 9.59 Å². The molecule has 1 saturated heterocycles. The fourth-order valence-corrected chi connectivity index (χ4v) is 3.45. The van der Waals surface area contributed by atoms with Crippen LogP contribution >= 0.6 is 0 Å². The van der Waals surface area contributed by atoms with Crippen molar-refractivity contribution in [2.45, 2.75) is 6.92 Å². The minimum atomic E-state index is -0.345. The van der Waals surface area contributed by atoms with Gasteiger partial charge in [-0.1, -0.05) is 17.7 Å². The highest BCUT2D eigenvalue weighted by atomic mass is 16.5. The van der Waals surface area contributed by atoms with E-state index >= 15 is 0 Å². The van der Waals surface area contributed by atoms with Gasteiger partial charge in [0.15, 0.2) is 0 Å². The lowest BCUT2D eigenvalue weighted by Crippen LogP contribution is -2.43. The van der Waals surface area contributed by atoms with Crippen LogP contribution in [0, 0.1) is 6.92 Å². The molecule has 1 fully saturated rings. The van der Waals surface area contributed by atoms with Gasteiger partial charge in [-0.05, 0) is 37.3 Å². The summed E-state index contributed by atoms with van der Waals surface area (Å²) in [4.78, 5) is 29.9. The van der Waals surface area contributed by atoms with E-state index in [2.05, 4.69) is 4.90 Å². The minimum absolute atomic E-state index is 0.321. The molecule has 0 aromatic heterocycles. The van der Waals surface area contributed by atoms with E-state index < -0.39 is 0 Å². The first kappa shape index (κ1) is 18.3. The van der Waals surface area contributed by atoms with Crippen LogP contribution in [0.15, 0.2) is 48.7 Å². The predicted octanol–water partition coefficient (Wildman–Crippen LogP) is 2.86. The Morgan fingerprint density at radius 1 is 0.964 bits per heavy atom. The van der Waals surface area contributed by atoms with E-state index in [1.165, 1.54) is 4.90 Å². The van der Waals surface area contributed by atoms with E-state index in [-0.39, 0.29) is 11.8 Å².